The topological polar surface area (TPSA) is 97.2 Å². The highest BCUT2D eigenvalue weighted by molar-refractivity contribution is 7.89. The quantitative estimate of drug-likeness (QED) is 0.307. The van der Waals surface area contributed by atoms with Gasteiger partial charge in [-0.1, -0.05) is 42.9 Å². The number of sulfonamides is 1. The lowest BCUT2D eigenvalue weighted by atomic mass is 10.2. The molecule has 0 aliphatic carbocycles. The molecule has 0 atom stereocenters. The molecule has 184 valence electrons. The Morgan fingerprint density at radius 1 is 1.11 bits per heavy atom. The molecule has 11 heteroatoms. The fraction of sp³-hybridized carbons (Fsp3) is 0.292. The third kappa shape index (κ3) is 5.25. The molecular weight excluding hydrogens is 506 g/mol. The van der Waals surface area contributed by atoms with Crippen LogP contribution in [0.1, 0.15) is 42.7 Å². The normalized spacial score (nSPS) is 11.9. The van der Waals surface area contributed by atoms with Crippen molar-refractivity contribution in [2.45, 2.75) is 38.5 Å². The summed E-state index contributed by atoms with van der Waals surface area (Å²) < 4.78 is 29.9. The van der Waals surface area contributed by atoms with Gasteiger partial charge in [0.05, 0.1) is 20.3 Å². The molecule has 35 heavy (non-hydrogen) atoms. The number of carbonyl (C=O) groups excluding carboxylic acids is 1. The number of aryl methyl sites for hydroxylation is 1. The second-order valence-corrected chi connectivity index (χ2v) is 11.4. The number of carbonyl (C=O) groups is 1. The molecule has 1 N–H and O–H groups in total. The van der Waals surface area contributed by atoms with E-state index in [1.807, 2.05) is 32.9 Å². The van der Waals surface area contributed by atoms with Crippen molar-refractivity contribution in [1.82, 2.24) is 19.1 Å². The molecule has 4 aromatic rings. The number of hydrogen-bond donors (Lipinski definition) is 1. The van der Waals surface area contributed by atoms with E-state index in [-0.39, 0.29) is 10.8 Å². The molecule has 2 heterocycles. The number of para-hydroxylation sites is 1. The third-order valence-electron chi connectivity index (χ3n) is 5.31. The Hall–Kier alpha value is -2.79. The summed E-state index contributed by atoms with van der Waals surface area (Å²) in [6.45, 7) is 6.63. The molecule has 2 aromatic heterocycles. The molecule has 0 saturated carbocycles. The van der Waals surface area contributed by atoms with Crippen LogP contribution in [0.2, 0.25) is 5.02 Å². The van der Waals surface area contributed by atoms with E-state index in [4.69, 9.17) is 11.6 Å². The van der Waals surface area contributed by atoms with Gasteiger partial charge >= 0.3 is 0 Å². The van der Waals surface area contributed by atoms with Gasteiger partial charge in [-0.05, 0) is 56.2 Å². The number of halogens is 1. The molecule has 1 amide bonds. The van der Waals surface area contributed by atoms with E-state index in [2.05, 4.69) is 15.4 Å². The Balaban J connectivity index is 1.57. The lowest BCUT2D eigenvalue weighted by Crippen LogP contribution is -2.32. The highest BCUT2D eigenvalue weighted by Crippen LogP contribution is 2.31. The highest BCUT2D eigenvalue weighted by Gasteiger charge is 2.23. The summed E-state index contributed by atoms with van der Waals surface area (Å²) in [6.07, 6.45) is 1.46. The van der Waals surface area contributed by atoms with Crippen molar-refractivity contribution in [3.8, 4) is 5.13 Å². The summed E-state index contributed by atoms with van der Waals surface area (Å²) in [6, 6.07) is 13.3. The van der Waals surface area contributed by atoms with E-state index in [0.29, 0.717) is 45.8 Å². The first-order chi connectivity index (χ1) is 16.7. The summed E-state index contributed by atoms with van der Waals surface area (Å²) in [7, 11) is -3.61. The van der Waals surface area contributed by atoms with Gasteiger partial charge in [0.1, 0.15) is 11.3 Å². The monoisotopic (exact) mass is 531 g/mol. The molecule has 4 rings (SSSR count). The minimum absolute atomic E-state index is 0.170. The van der Waals surface area contributed by atoms with Crippen LogP contribution >= 0.6 is 22.9 Å². The molecule has 0 aliphatic heterocycles. The fourth-order valence-corrected chi connectivity index (χ4v) is 6.55. The van der Waals surface area contributed by atoms with E-state index < -0.39 is 10.0 Å². The smallest absolute Gasteiger partial charge is 0.256 e. The zero-order valence-electron chi connectivity index (χ0n) is 19.7. The number of nitrogens with one attached hydrogen (secondary N) is 1. The lowest BCUT2D eigenvalue weighted by molar-refractivity contribution is 0.102. The van der Waals surface area contributed by atoms with Gasteiger partial charge in [-0.25, -0.2) is 13.4 Å². The number of fused-ring (bicyclic) bond motifs is 1. The number of thiazole rings is 1. The van der Waals surface area contributed by atoms with Crippen LogP contribution in [-0.2, 0) is 10.0 Å². The number of amides is 1. The number of benzene rings is 2. The Labute approximate surface area is 213 Å². The summed E-state index contributed by atoms with van der Waals surface area (Å²) in [4.78, 5) is 17.7. The summed E-state index contributed by atoms with van der Waals surface area (Å²) in [5.74, 6) is 0.0738. The molecule has 2 aromatic carbocycles. The number of nitrogens with zero attached hydrogens (tertiary/aromatic N) is 4. The summed E-state index contributed by atoms with van der Waals surface area (Å²) in [5, 5.41) is 8.46. The predicted molar refractivity (Wildman–Crippen MR) is 140 cm³/mol. The molecule has 0 unspecified atom stereocenters. The van der Waals surface area contributed by atoms with Gasteiger partial charge in [-0.2, -0.15) is 14.1 Å². The van der Waals surface area contributed by atoms with Crippen LogP contribution in [0.15, 0.2) is 53.4 Å². The SMILES string of the molecule is CCCN(CCC)S(=O)(=O)c1ccc(C(=O)Nc2cc(C)nn2-c2nc3c(Cl)cccc3s2)cc1. The van der Waals surface area contributed by atoms with Crippen LogP contribution in [0.25, 0.3) is 15.3 Å². The van der Waals surface area contributed by atoms with Crippen LogP contribution < -0.4 is 5.32 Å². The minimum atomic E-state index is -3.61. The van der Waals surface area contributed by atoms with Gasteiger partial charge in [0, 0.05) is 24.7 Å². The van der Waals surface area contributed by atoms with E-state index >= 15 is 0 Å². The van der Waals surface area contributed by atoms with Crippen molar-refractivity contribution >= 4 is 54.9 Å². The maximum atomic E-state index is 13.0. The van der Waals surface area contributed by atoms with E-state index in [9.17, 15) is 13.2 Å². The predicted octanol–water partition coefficient (Wildman–Crippen LogP) is 5.51. The fourth-order valence-electron chi connectivity index (χ4n) is 3.69. The minimum Gasteiger partial charge on any atom is -0.306 e. The summed E-state index contributed by atoms with van der Waals surface area (Å²) in [5.41, 5.74) is 1.72. The first kappa shape index (κ1) is 25.3. The molecule has 0 spiro atoms. The van der Waals surface area contributed by atoms with Crippen molar-refractivity contribution in [1.29, 1.82) is 0 Å². The average molecular weight is 532 g/mol. The summed E-state index contributed by atoms with van der Waals surface area (Å²) >= 11 is 7.68. The first-order valence-electron chi connectivity index (χ1n) is 11.3. The van der Waals surface area contributed by atoms with Crippen molar-refractivity contribution in [2.24, 2.45) is 0 Å². The average Bonchev–Trinajstić information content (AvgIpc) is 3.43. The van der Waals surface area contributed by atoms with E-state index in [0.717, 1.165) is 17.5 Å². The van der Waals surface area contributed by atoms with Gasteiger partial charge in [0.15, 0.2) is 0 Å². The van der Waals surface area contributed by atoms with Crippen molar-refractivity contribution in [2.75, 3.05) is 18.4 Å². The van der Waals surface area contributed by atoms with Gasteiger partial charge in [-0.15, -0.1) is 0 Å². The maximum Gasteiger partial charge on any atom is 0.256 e. The van der Waals surface area contributed by atoms with Crippen LogP contribution in [-0.4, -0.2) is 46.5 Å². The van der Waals surface area contributed by atoms with Gasteiger partial charge in [0.25, 0.3) is 5.91 Å². The van der Waals surface area contributed by atoms with E-state index in [1.54, 1.807) is 16.8 Å². The standard InChI is InChI=1S/C24H26ClN5O3S2/c1-4-13-29(14-5-2)35(32,33)18-11-9-17(10-12-18)23(31)26-21-15-16(3)28-30(21)24-27-22-19(25)7-6-8-20(22)34-24/h6-12,15H,4-5,13-14H2,1-3H3,(H,26,31). The third-order valence-corrected chi connectivity index (χ3v) is 8.53. The van der Waals surface area contributed by atoms with Crippen molar-refractivity contribution < 1.29 is 13.2 Å². The number of aromatic nitrogens is 3. The largest absolute Gasteiger partial charge is 0.306 e. The zero-order chi connectivity index (χ0) is 25.2. The molecule has 0 aliphatic rings. The number of hydrogen-bond acceptors (Lipinski definition) is 6. The highest BCUT2D eigenvalue weighted by atomic mass is 35.5. The number of anilines is 1. The van der Waals surface area contributed by atoms with Crippen LogP contribution in [0.3, 0.4) is 0 Å². The van der Waals surface area contributed by atoms with Gasteiger partial charge in [0.2, 0.25) is 15.2 Å². The Bertz CT molecular complexity index is 1460. The molecule has 8 nitrogen and oxygen atoms in total. The zero-order valence-corrected chi connectivity index (χ0v) is 22.0. The Kier molecular flexibility index (Phi) is 7.56. The molecule has 0 saturated heterocycles. The molecule has 0 radical (unpaired) electrons. The van der Waals surface area contributed by atoms with Crippen LogP contribution in [0.5, 0.6) is 0 Å². The molecule has 0 fully saturated rings. The Morgan fingerprint density at radius 2 is 1.80 bits per heavy atom. The second-order valence-electron chi connectivity index (χ2n) is 8.05. The Morgan fingerprint density at radius 3 is 2.43 bits per heavy atom. The molecular formula is C24H26ClN5O3S2. The maximum absolute atomic E-state index is 13.0. The van der Waals surface area contributed by atoms with Gasteiger partial charge < -0.3 is 5.32 Å². The second kappa shape index (κ2) is 10.4. The first-order valence-corrected chi connectivity index (χ1v) is 13.9. The van der Waals surface area contributed by atoms with Crippen LogP contribution in [0, 0.1) is 6.92 Å². The van der Waals surface area contributed by atoms with E-state index in [1.165, 1.54) is 39.9 Å². The van der Waals surface area contributed by atoms with Crippen molar-refractivity contribution in [3.63, 3.8) is 0 Å². The van der Waals surface area contributed by atoms with Crippen LogP contribution in [0.4, 0.5) is 5.82 Å². The lowest BCUT2D eigenvalue weighted by Gasteiger charge is -2.21. The molecule has 0 bridgehead atoms. The number of rotatable bonds is 9. The van der Waals surface area contributed by atoms with Crippen molar-refractivity contribution in [3.05, 3.63) is 64.8 Å². The van der Waals surface area contributed by atoms with Gasteiger partial charge in [-0.3, -0.25) is 4.79 Å².